The van der Waals surface area contributed by atoms with Gasteiger partial charge in [-0.05, 0) is 18.6 Å². The van der Waals surface area contributed by atoms with Gasteiger partial charge in [0.1, 0.15) is 41.5 Å². The van der Waals surface area contributed by atoms with E-state index in [0.717, 1.165) is 0 Å². The van der Waals surface area contributed by atoms with Crippen LogP contribution in [0.15, 0.2) is 27.4 Å². The highest BCUT2D eigenvalue weighted by molar-refractivity contribution is 5.87. The second-order valence-corrected chi connectivity index (χ2v) is 6.06. The number of hydrogen-bond donors (Lipinski definition) is 4. The Morgan fingerprint density at radius 3 is 2.50 bits per heavy atom. The van der Waals surface area contributed by atoms with Crippen LogP contribution in [-0.2, 0) is 4.74 Å². The Morgan fingerprint density at radius 2 is 1.85 bits per heavy atom. The smallest absolute Gasteiger partial charge is 0.339 e. The summed E-state index contributed by atoms with van der Waals surface area (Å²) < 4.78 is 21.2. The first-order chi connectivity index (χ1) is 12.3. The van der Waals surface area contributed by atoms with Gasteiger partial charge in [-0.2, -0.15) is 0 Å². The van der Waals surface area contributed by atoms with Gasteiger partial charge in [0.2, 0.25) is 6.29 Å². The molecule has 0 radical (unpaired) electrons. The van der Waals surface area contributed by atoms with Gasteiger partial charge in [-0.15, -0.1) is 0 Å². The third kappa shape index (κ3) is 3.27. The maximum atomic E-state index is 11.6. The van der Waals surface area contributed by atoms with Crippen LogP contribution in [0.5, 0.6) is 11.5 Å². The summed E-state index contributed by atoms with van der Waals surface area (Å²) in [7, 11) is 1.44. The lowest BCUT2D eigenvalue weighted by molar-refractivity contribution is -0.277. The molecule has 0 amide bonds. The van der Waals surface area contributed by atoms with Crippen LogP contribution in [-0.4, -0.2) is 64.8 Å². The van der Waals surface area contributed by atoms with Crippen LogP contribution in [0.1, 0.15) is 5.56 Å². The highest BCUT2D eigenvalue weighted by Crippen LogP contribution is 2.32. The van der Waals surface area contributed by atoms with E-state index in [9.17, 15) is 25.2 Å². The molecule has 3 rings (SSSR count). The molecular weight excluding hydrogens is 348 g/mol. The molecule has 9 nitrogen and oxygen atoms in total. The van der Waals surface area contributed by atoms with Gasteiger partial charge in [-0.3, -0.25) is 0 Å². The molecule has 0 bridgehead atoms. The number of aryl methyl sites for hydroxylation is 1. The Kier molecular flexibility index (Phi) is 5.17. The summed E-state index contributed by atoms with van der Waals surface area (Å²) >= 11 is 0. The average molecular weight is 368 g/mol. The van der Waals surface area contributed by atoms with E-state index in [4.69, 9.17) is 18.6 Å². The van der Waals surface area contributed by atoms with Crippen molar-refractivity contribution in [3.05, 3.63) is 34.2 Å². The van der Waals surface area contributed by atoms with Crippen LogP contribution in [0.3, 0.4) is 0 Å². The highest BCUT2D eigenvalue weighted by atomic mass is 16.7. The number of ether oxygens (including phenoxy) is 3. The molecule has 2 aromatic rings. The van der Waals surface area contributed by atoms with E-state index in [-0.39, 0.29) is 11.3 Å². The molecule has 5 atom stereocenters. The van der Waals surface area contributed by atoms with Crippen LogP contribution in [0, 0.1) is 6.92 Å². The molecule has 0 saturated carbocycles. The Labute approximate surface area is 148 Å². The van der Waals surface area contributed by atoms with Crippen LogP contribution >= 0.6 is 0 Å². The molecule has 2 heterocycles. The summed E-state index contributed by atoms with van der Waals surface area (Å²) in [5.74, 6) is 0.559. The van der Waals surface area contributed by atoms with Crippen molar-refractivity contribution in [1.29, 1.82) is 0 Å². The monoisotopic (exact) mass is 368 g/mol. The summed E-state index contributed by atoms with van der Waals surface area (Å²) in [5.41, 5.74) is 0.301. The molecule has 9 heteroatoms. The predicted octanol–water partition coefficient (Wildman–Crippen LogP) is -0.711. The van der Waals surface area contributed by atoms with Crippen molar-refractivity contribution in [2.24, 2.45) is 0 Å². The zero-order valence-corrected chi connectivity index (χ0v) is 14.2. The molecule has 0 aliphatic carbocycles. The van der Waals surface area contributed by atoms with Gasteiger partial charge in [-0.1, -0.05) is 0 Å². The third-order valence-electron chi connectivity index (χ3n) is 4.30. The number of rotatable bonds is 4. The lowest BCUT2D eigenvalue weighted by atomic mass is 9.99. The van der Waals surface area contributed by atoms with Crippen molar-refractivity contribution < 1.29 is 39.1 Å². The second-order valence-electron chi connectivity index (χ2n) is 6.06. The summed E-state index contributed by atoms with van der Waals surface area (Å²) in [4.78, 5) is 11.6. The van der Waals surface area contributed by atoms with Gasteiger partial charge in [0.05, 0.1) is 25.2 Å². The molecular formula is C17H20O9. The lowest BCUT2D eigenvalue weighted by Crippen LogP contribution is -2.60. The average Bonchev–Trinajstić information content (AvgIpc) is 2.61. The minimum atomic E-state index is -1.55. The van der Waals surface area contributed by atoms with E-state index in [1.54, 1.807) is 13.0 Å². The van der Waals surface area contributed by atoms with E-state index >= 15 is 0 Å². The highest BCUT2D eigenvalue weighted by Gasteiger charge is 2.44. The fourth-order valence-electron chi connectivity index (χ4n) is 2.96. The topological polar surface area (TPSA) is 139 Å². The van der Waals surface area contributed by atoms with Gasteiger partial charge in [0.25, 0.3) is 0 Å². The number of methoxy groups -OCH3 is 1. The SMILES string of the molecule is COc1cc(=O)oc2cc(OC3OC(CO)C(O)C(O)C3O)cc(C)c12. The molecule has 1 aliphatic heterocycles. The molecule has 1 aromatic carbocycles. The normalized spacial score (nSPS) is 28.9. The van der Waals surface area contributed by atoms with Crippen molar-refractivity contribution in [3.8, 4) is 11.5 Å². The fourth-order valence-corrected chi connectivity index (χ4v) is 2.96. The Balaban J connectivity index is 1.95. The maximum Gasteiger partial charge on any atom is 0.339 e. The van der Waals surface area contributed by atoms with E-state index in [1.807, 2.05) is 0 Å². The van der Waals surface area contributed by atoms with Crippen molar-refractivity contribution in [2.75, 3.05) is 13.7 Å². The van der Waals surface area contributed by atoms with E-state index < -0.39 is 42.9 Å². The van der Waals surface area contributed by atoms with Crippen molar-refractivity contribution >= 4 is 11.0 Å². The van der Waals surface area contributed by atoms with Crippen molar-refractivity contribution in [2.45, 2.75) is 37.6 Å². The zero-order chi connectivity index (χ0) is 19.0. The minimum Gasteiger partial charge on any atom is -0.496 e. The van der Waals surface area contributed by atoms with Crippen LogP contribution in [0.2, 0.25) is 0 Å². The summed E-state index contributed by atoms with van der Waals surface area (Å²) in [5, 5.41) is 39.5. The second kappa shape index (κ2) is 7.22. The van der Waals surface area contributed by atoms with E-state index in [2.05, 4.69) is 0 Å². The lowest BCUT2D eigenvalue weighted by Gasteiger charge is -2.39. The predicted molar refractivity (Wildman–Crippen MR) is 88.2 cm³/mol. The largest absolute Gasteiger partial charge is 0.496 e. The molecule has 142 valence electrons. The van der Waals surface area contributed by atoms with Crippen molar-refractivity contribution in [1.82, 2.24) is 0 Å². The molecule has 1 fully saturated rings. The van der Waals surface area contributed by atoms with Crippen molar-refractivity contribution in [3.63, 3.8) is 0 Å². The van der Waals surface area contributed by atoms with Crippen LogP contribution in [0.25, 0.3) is 11.0 Å². The van der Waals surface area contributed by atoms with Crippen LogP contribution in [0.4, 0.5) is 0 Å². The Bertz CT molecular complexity index is 844. The van der Waals surface area contributed by atoms with Crippen LogP contribution < -0.4 is 15.1 Å². The number of aliphatic hydroxyl groups excluding tert-OH is 4. The number of benzene rings is 1. The fraction of sp³-hybridized carbons (Fsp3) is 0.471. The van der Waals surface area contributed by atoms with Gasteiger partial charge in [0.15, 0.2) is 0 Å². The number of aliphatic hydroxyl groups is 4. The number of hydrogen-bond acceptors (Lipinski definition) is 9. The zero-order valence-electron chi connectivity index (χ0n) is 14.2. The first-order valence-electron chi connectivity index (χ1n) is 7.95. The standard InChI is InChI=1S/C17H20O9/c1-7-3-8(4-10-13(7)9(23-2)5-12(19)25-10)24-17-16(22)15(21)14(20)11(6-18)26-17/h3-5,11,14-18,20-22H,6H2,1-2H3. The first kappa shape index (κ1) is 18.6. The Hall–Kier alpha value is -2.17. The molecule has 5 unspecified atom stereocenters. The van der Waals surface area contributed by atoms with Gasteiger partial charge in [-0.25, -0.2) is 4.79 Å². The molecule has 26 heavy (non-hydrogen) atoms. The summed E-state index contributed by atoms with van der Waals surface area (Å²) in [6.07, 6.45) is -6.99. The molecule has 1 aliphatic rings. The molecule has 1 saturated heterocycles. The van der Waals surface area contributed by atoms with E-state index in [0.29, 0.717) is 16.7 Å². The van der Waals surface area contributed by atoms with Gasteiger partial charge < -0.3 is 39.1 Å². The Morgan fingerprint density at radius 1 is 1.12 bits per heavy atom. The third-order valence-corrected chi connectivity index (χ3v) is 4.30. The summed E-state index contributed by atoms with van der Waals surface area (Å²) in [6, 6.07) is 4.27. The minimum absolute atomic E-state index is 0.204. The van der Waals surface area contributed by atoms with E-state index in [1.165, 1.54) is 19.2 Å². The summed E-state index contributed by atoms with van der Waals surface area (Å²) in [6.45, 7) is 1.19. The molecule has 0 spiro atoms. The van der Waals surface area contributed by atoms with Gasteiger partial charge >= 0.3 is 5.63 Å². The van der Waals surface area contributed by atoms with Gasteiger partial charge in [0, 0.05) is 6.07 Å². The number of fused-ring (bicyclic) bond motifs is 1. The molecule has 4 N–H and O–H groups in total. The quantitative estimate of drug-likeness (QED) is 0.515. The molecule has 1 aromatic heterocycles. The first-order valence-corrected chi connectivity index (χ1v) is 7.95. The maximum absolute atomic E-state index is 11.6.